The molecule has 3 heterocycles. The number of hydrogen-bond acceptors (Lipinski definition) is 5. The average molecular weight is 350 g/mol. The molecule has 132 valence electrons. The van der Waals surface area contributed by atoms with E-state index in [-0.39, 0.29) is 5.56 Å². The number of amides is 1. The van der Waals surface area contributed by atoms with Gasteiger partial charge >= 0.3 is 0 Å². The molecule has 0 radical (unpaired) electrons. The first-order valence-corrected chi connectivity index (χ1v) is 8.43. The normalized spacial score (nSPS) is 14.4. The van der Waals surface area contributed by atoms with E-state index in [4.69, 9.17) is 4.74 Å². The molecule has 1 aromatic carbocycles. The van der Waals surface area contributed by atoms with E-state index >= 15 is 0 Å². The lowest BCUT2D eigenvalue weighted by Crippen LogP contribution is -2.36. The van der Waals surface area contributed by atoms with Crippen molar-refractivity contribution in [3.8, 4) is 0 Å². The van der Waals surface area contributed by atoms with Gasteiger partial charge in [0, 0.05) is 18.6 Å². The number of carbonyl (C=O) groups is 1. The summed E-state index contributed by atoms with van der Waals surface area (Å²) in [6.45, 7) is 2.96. The Bertz CT molecular complexity index is 992. The zero-order valence-corrected chi connectivity index (χ0v) is 14.1. The molecule has 0 bridgehead atoms. The number of nitrogens with zero attached hydrogens (tertiary/aromatic N) is 2. The lowest BCUT2D eigenvalue weighted by Gasteiger charge is -2.27. The van der Waals surface area contributed by atoms with Crippen molar-refractivity contribution in [1.29, 1.82) is 0 Å². The predicted octanol–water partition coefficient (Wildman–Crippen LogP) is 2.01. The van der Waals surface area contributed by atoms with E-state index in [0.717, 1.165) is 24.3 Å². The summed E-state index contributed by atoms with van der Waals surface area (Å²) in [7, 11) is 0. The van der Waals surface area contributed by atoms with E-state index in [0.29, 0.717) is 24.4 Å². The first-order chi connectivity index (χ1) is 12.7. The number of para-hydroxylation sites is 1. The van der Waals surface area contributed by atoms with E-state index in [1.807, 2.05) is 24.3 Å². The topological polar surface area (TPSA) is 87.3 Å². The minimum absolute atomic E-state index is 0.0703. The molecule has 0 atom stereocenters. The molecular weight excluding hydrogens is 332 g/mol. The van der Waals surface area contributed by atoms with Crippen LogP contribution in [0.25, 0.3) is 10.9 Å². The van der Waals surface area contributed by atoms with Crippen LogP contribution in [-0.2, 0) is 4.74 Å². The van der Waals surface area contributed by atoms with Gasteiger partial charge in [-0.15, -0.1) is 0 Å². The van der Waals surface area contributed by atoms with Gasteiger partial charge in [0.2, 0.25) is 0 Å². The molecule has 0 spiro atoms. The van der Waals surface area contributed by atoms with Crippen LogP contribution in [0.4, 0.5) is 11.5 Å². The van der Waals surface area contributed by atoms with Crippen molar-refractivity contribution in [2.45, 2.75) is 0 Å². The highest BCUT2D eigenvalue weighted by molar-refractivity contribution is 6.05. The van der Waals surface area contributed by atoms with Gasteiger partial charge in [0.15, 0.2) is 0 Å². The molecule has 1 aliphatic rings. The van der Waals surface area contributed by atoms with Crippen molar-refractivity contribution >= 4 is 28.3 Å². The molecule has 0 aliphatic carbocycles. The van der Waals surface area contributed by atoms with Crippen molar-refractivity contribution in [3.05, 3.63) is 64.6 Å². The second-order valence-corrected chi connectivity index (χ2v) is 6.06. The lowest BCUT2D eigenvalue weighted by molar-refractivity contribution is 0.102. The number of aromatic nitrogens is 2. The molecule has 26 heavy (non-hydrogen) atoms. The Morgan fingerprint density at radius 1 is 1.15 bits per heavy atom. The summed E-state index contributed by atoms with van der Waals surface area (Å²) in [5, 5.41) is 3.53. The van der Waals surface area contributed by atoms with Gasteiger partial charge in [-0.25, -0.2) is 4.98 Å². The molecule has 1 amide bonds. The standard InChI is InChI=1S/C19H18N4O3/c24-18(15-11-13-3-1-2-4-16(13)22-19(15)25)21-14-5-6-17(20-12-14)23-7-9-26-10-8-23/h1-6,11-12H,7-10H2,(H,21,24)(H,22,25). The maximum Gasteiger partial charge on any atom is 0.261 e. The van der Waals surface area contributed by atoms with Crippen LogP contribution in [0.15, 0.2) is 53.5 Å². The van der Waals surface area contributed by atoms with E-state index in [1.54, 1.807) is 24.4 Å². The highest BCUT2D eigenvalue weighted by atomic mass is 16.5. The maximum absolute atomic E-state index is 12.5. The molecule has 4 rings (SSSR count). The fraction of sp³-hybridized carbons (Fsp3) is 0.211. The number of nitrogens with one attached hydrogen (secondary N) is 2. The molecule has 3 aromatic rings. The van der Waals surface area contributed by atoms with Gasteiger partial charge in [0.1, 0.15) is 11.4 Å². The highest BCUT2D eigenvalue weighted by Crippen LogP contribution is 2.16. The molecule has 1 saturated heterocycles. The Balaban J connectivity index is 1.52. The zero-order valence-electron chi connectivity index (χ0n) is 14.1. The summed E-state index contributed by atoms with van der Waals surface area (Å²) in [6.07, 6.45) is 1.60. The molecule has 1 aliphatic heterocycles. The van der Waals surface area contributed by atoms with Gasteiger partial charge in [0.05, 0.1) is 25.1 Å². The van der Waals surface area contributed by atoms with Crippen LogP contribution in [-0.4, -0.2) is 42.2 Å². The number of ether oxygens (including phenoxy) is 1. The third-order valence-electron chi connectivity index (χ3n) is 4.34. The monoisotopic (exact) mass is 350 g/mol. The maximum atomic E-state index is 12.5. The van der Waals surface area contributed by atoms with Gasteiger partial charge in [-0.1, -0.05) is 18.2 Å². The second-order valence-electron chi connectivity index (χ2n) is 6.06. The molecule has 2 aromatic heterocycles. The van der Waals surface area contributed by atoms with E-state index < -0.39 is 11.5 Å². The highest BCUT2D eigenvalue weighted by Gasteiger charge is 2.14. The Labute approximate surface area is 149 Å². The summed E-state index contributed by atoms with van der Waals surface area (Å²) in [4.78, 5) is 33.9. The average Bonchev–Trinajstić information content (AvgIpc) is 2.68. The minimum atomic E-state index is -0.460. The quantitative estimate of drug-likeness (QED) is 0.754. The van der Waals surface area contributed by atoms with Crippen LogP contribution in [0.5, 0.6) is 0 Å². The fourth-order valence-corrected chi connectivity index (χ4v) is 2.95. The molecule has 0 saturated carbocycles. The van der Waals surface area contributed by atoms with Crippen molar-refractivity contribution in [3.63, 3.8) is 0 Å². The minimum Gasteiger partial charge on any atom is -0.378 e. The van der Waals surface area contributed by atoms with E-state index in [2.05, 4.69) is 20.2 Å². The Morgan fingerprint density at radius 2 is 1.96 bits per heavy atom. The Morgan fingerprint density at radius 3 is 2.73 bits per heavy atom. The first kappa shape index (κ1) is 16.3. The van der Waals surface area contributed by atoms with E-state index in [9.17, 15) is 9.59 Å². The van der Waals surface area contributed by atoms with Gasteiger partial charge < -0.3 is 19.9 Å². The number of rotatable bonds is 3. The number of carbonyl (C=O) groups excluding carboxylic acids is 1. The largest absolute Gasteiger partial charge is 0.378 e. The first-order valence-electron chi connectivity index (χ1n) is 8.43. The van der Waals surface area contributed by atoms with Gasteiger partial charge in [0.25, 0.3) is 11.5 Å². The Kier molecular flexibility index (Phi) is 4.37. The molecular formula is C19H18N4O3. The molecule has 7 nitrogen and oxygen atoms in total. The lowest BCUT2D eigenvalue weighted by atomic mass is 10.1. The number of anilines is 2. The van der Waals surface area contributed by atoms with Crippen LogP contribution >= 0.6 is 0 Å². The van der Waals surface area contributed by atoms with Gasteiger partial charge in [-0.2, -0.15) is 0 Å². The van der Waals surface area contributed by atoms with Crippen LogP contribution in [0.1, 0.15) is 10.4 Å². The number of H-pyrrole nitrogens is 1. The SMILES string of the molecule is O=C(Nc1ccc(N2CCOCC2)nc1)c1cc2ccccc2[nH]c1=O. The Hall–Kier alpha value is -3.19. The smallest absolute Gasteiger partial charge is 0.261 e. The van der Waals surface area contributed by atoms with Crippen molar-refractivity contribution in [2.24, 2.45) is 0 Å². The van der Waals surface area contributed by atoms with Crippen LogP contribution in [0, 0.1) is 0 Å². The van der Waals surface area contributed by atoms with Crippen molar-refractivity contribution in [2.75, 3.05) is 36.5 Å². The fourth-order valence-electron chi connectivity index (χ4n) is 2.95. The number of hydrogen-bond donors (Lipinski definition) is 2. The number of pyridine rings is 2. The van der Waals surface area contributed by atoms with E-state index in [1.165, 1.54) is 0 Å². The summed E-state index contributed by atoms with van der Waals surface area (Å²) < 4.78 is 5.33. The zero-order chi connectivity index (χ0) is 17.9. The van der Waals surface area contributed by atoms with Crippen molar-refractivity contribution in [1.82, 2.24) is 9.97 Å². The van der Waals surface area contributed by atoms with Crippen LogP contribution in [0.2, 0.25) is 0 Å². The molecule has 2 N–H and O–H groups in total. The summed E-state index contributed by atoms with van der Waals surface area (Å²) in [5.74, 6) is 0.382. The molecule has 0 unspecified atom stereocenters. The number of aromatic amines is 1. The van der Waals surface area contributed by atoms with Crippen LogP contribution < -0.4 is 15.8 Å². The van der Waals surface area contributed by atoms with Crippen molar-refractivity contribution < 1.29 is 9.53 Å². The third kappa shape index (κ3) is 3.29. The van der Waals surface area contributed by atoms with Crippen LogP contribution in [0.3, 0.4) is 0 Å². The van der Waals surface area contributed by atoms with Gasteiger partial charge in [-0.05, 0) is 29.7 Å². The summed E-state index contributed by atoms with van der Waals surface area (Å²) >= 11 is 0. The predicted molar refractivity (Wildman–Crippen MR) is 99.8 cm³/mol. The number of morpholine rings is 1. The molecule has 7 heteroatoms. The summed E-state index contributed by atoms with van der Waals surface area (Å²) in [5.41, 5.74) is 0.894. The number of benzene rings is 1. The third-order valence-corrected chi connectivity index (χ3v) is 4.34. The second kappa shape index (κ2) is 6.97. The number of fused-ring (bicyclic) bond motifs is 1. The molecule has 1 fully saturated rings. The summed E-state index contributed by atoms with van der Waals surface area (Å²) in [6, 6.07) is 12.6. The van der Waals surface area contributed by atoms with Gasteiger partial charge in [-0.3, -0.25) is 9.59 Å².